The van der Waals surface area contributed by atoms with E-state index in [1.54, 1.807) is 0 Å². The van der Waals surface area contributed by atoms with Crippen molar-refractivity contribution in [2.75, 3.05) is 27.2 Å². The molecule has 1 aromatic heterocycles. The third kappa shape index (κ3) is 3.74. The molecule has 5 heteroatoms. The zero-order valence-electron chi connectivity index (χ0n) is 14.4. The minimum atomic E-state index is -0.679. The third-order valence-electron chi connectivity index (χ3n) is 5.04. The number of carboxylic acid groups (broad SMARTS) is 1. The second kappa shape index (κ2) is 7.28. The van der Waals surface area contributed by atoms with Crippen molar-refractivity contribution >= 4 is 16.7 Å². The van der Waals surface area contributed by atoms with Gasteiger partial charge in [0.1, 0.15) is 0 Å². The van der Waals surface area contributed by atoms with Crippen LogP contribution < -0.4 is 0 Å². The minimum Gasteiger partial charge on any atom is -0.481 e. The summed E-state index contributed by atoms with van der Waals surface area (Å²) in [4.78, 5) is 20.2. The van der Waals surface area contributed by atoms with Crippen LogP contribution in [0.15, 0.2) is 36.7 Å². The summed E-state index contributed by atoms with van der Waals surface area (Å²) in [6.07, 6.45) is 5.37. The molecule has 2 aromatic rings. The van der Waals surface area contributed by atoms with Crippen LogP contribution in [-0.2, 0) is 11.3 Å². The molecule has 3 rings (SSSR count). The Labute approximate surface area is 142 Å². The highest BCUT2D eigenvalue weighted by Gasteiger charge is 2.29. The lowest BCUT2D eigenvalue weighted by Gasteiger charge is -2.29. The first-order valence-corrected chi connectivity index (χ1v) is 8.48. The second-order valence-corrected chi connectivity index (χ2v) is 6.94. The number of nitrogens with zero attached hydrogens (tertiary/aromatic N) is 3. The maximum Gasteiger partial charge on any atom is 0.307 e. The molecular formula is C19H25N3O2. The van der Waals surface area contributed by atoms with Crippen LogP contribution in [0.5, 0.6) is 0 Å². The Morgan fingerprint density at radius 2 is 2.12 bits per heavy atom. The molecular weight excluding hydrogens is 302 g/mol. The number of hydrogen-bond donors (Lipinski definition) is 1. The van der Waals surface area contributed by atoms with Gasteiger partial charge < -0.3 is 10.0 Å². The number of carbonyl (C=O) groups is 1. The van der Waals surface area contributed by atoms with E-state index < -0.39 is 5.97 Å². The summed E-state index contributed by atoms with van der Waals surface area (Å²) in [6.45, 7) is 2.29. The van der Waals surface area contributed by atoms with Crippen molar-refractivity contribution in [2.45, 2.75) is 25.4 Å². The number of hydrogen-bond acceptors (Lipinski definition) is 4. The lowest BCUT2D eigenvalue weighted by atomic mass is 10.0. The van der Waals surface area contributed by atoms with Gasteiger partial charge in [0, 0.05) is 43.5 Å². The topological polar surface area (TPSA) is 56.7 Å². The number of rotatable bonds is 4. The molecule has 0 aliphatic carbocycles. The van der Waals surface area contributed by atoms with Crippen molar-refractivity contribution in [3.63, 3.8) is 0 Å². The molecule has 1 aromatic carbocycles. The van der Waals surface area contributed by atoms with E-state index in [1.165, 1.54) is 10.9 Å². The van der Waals surface area contributed by atoms with Gasteiger partial charge in [-0.3, -0.25) is 14.7 Å². The number of aliphatic carboxylic acids is 1. The minimum absolute atomic E-state index is 0.286. The molecule has 24 heavy (non-hydrogen) atoms. The fraction of sp³-hybridized carbons (Fsp3) is 0.474. The maximum absolute atomic E-state index is 11.5. The molecule has 1 aliphatic heterocycles. The molecule has 0 spiro atoms. The van der Waals surface area contributed by atoms with Crippen molar-refractivity contribution in [2.24, 2.45) is 5.92 Å². The first kappa shape index (κ1) is 16.9. The van der Waals surface area contributed by atoms with Gasteiger partial charge in [-0.1, -0.05) is 18.2 Å². The average molecular weight is 327 g/mol. The number of benzene rings is 1. The predicted octanol–water partition coefficient (Wildman–Crippen LogP) is 2.46. The zero-order valence-corrected chi connectivity index (χ0v) is 14.4. The van der Waals surface area contributed by atoms with Gasteiger partial charge in [-0.25, -0.2) is 0 Å². The molecule has 0 radical (unpaired) electrons. The lowest BCUT2D eigenvalue weighted by molar-refractivity contribution is -0.142. The Bertz CT molecular complexity index is 711. The Hall–Kier alpha value is -1.98. The number of likely N-dealkylation sites (N-methyl/N-ethyl adjacent to an activating group) is 1. The van der Waals surface area contributed by atoms with Gasteiger partial charge in [-0.05, 0) is 44.0 Å². The van der Waals surface area contributed by atoms with Gasteiger partial charge in [-0.15, -0.1) is 0 Å². The van der Waals surface area contributed by atoms with Crippen LogP contribution in [0.25, 0.3) is 10.8 Å². The second-order valence-electron chi connectivity index (χ2n) is 6.94. The summed E-state index contributed by atoms with van der Waals surface area (Å²) in [5.41, 5.74) is 1.23. The lowest BCUT2D eigenvalue weighted by Crippen LogP contribution is -2.39. The van der Waals surface area contributed by atoms with Gasteiger partial charge in [0.15, 0.2) is 0 Å². The molecule has 0 unspecified atom stereocenters. The highest BCUT2D eigenvalue weighted by atomic mass is 16.4. The summed E-state index contributed by atoms with van der Waals surface area (Å²) in [5.74, 6) is -0.965. The average Bonchev–Trinajstić information content (AvgIpc) is 2.78. The third-order valence-corrected chi connectivity index (χ3v) is 5.04. The maximum atomic E-state index is 11.5. The van der Waals surface area contributed by atoms with E-state index in [2.05, 4.69) is 47.1 Å². The molecule has 0 saturated carbocycles. The Morgan fingerprint density at radius 1 is 1.29 bits per heavy atom. The van der Waals surface area contributed by atoms with Gasteiger partial charge in [0.25, 0.3) is 0 Å². The zero-order chi connectivity index (χ0) is 17.1. The normalized spacial score (nSPS) is 22.6. The van der Waals surface area contributed by atoms with Gasteiger partial charge in [0.05, 0.1) is 5.92 Å². The predicted molar refractivity (Wildman–Crippen MR) is 94.9 cm³/mol. The quantitative estimate of drug-likeness (QED) is 0.935. The summed E-state index contributed by atoms with van der Waals surface area (Å²) in [5, 5.41) is 11.8. The van der Waals surface area contributed by atoms with Crippen molar-refractivity contribution < 1.29 is 9.90 Å². The van der Waals surface area contributed by atoms with E-state index in [4.69, 9.17) is 0 Å². The molecule has 128 valence electrons. The number of likely N-dealkylation sites (tertiary alicyclic amines) is 1. The first-order valence-electron chi connectivity index (χ1n) is 8.48. The van der Waals surface area contributed by atoms with E-state index in [1.807, 2.05) is 18.5 Å². The molecule has 1 saturated heterocycles. The summed E-state index contributed by atoms with van der Waals surface area (Å²) >= 11 is 0. The van der Waals surface area contributed by atoms with Crippen LogP contribution in [0.3, 0.4) is 0 Å². The molecule has 2 heterocycles. The van der Waals surface area contributed by atoms with Crippen LogP contribution in [0.2, 0.25) is 0 Å². The molecule has 1 fully saturated rings. The fourth-order valence-electron chi connectivity index (χ4n) is 3.58. The van der Waals surface area contributed by atoms with Crippen molar-refractivity contribution in [3.05, 3.63) is 42.2 Å². The van der Waals surface area contributed by atoms with Crippen LogP contribution in [0.1, 0.15) is 18.4 Å². The standard InChI is InChI=1S/C19H25N3O2/c1-21(2)17-7-6-16(19(23)24)12-22(13-17)11-15-5-3-4-14-10-20-9-8-18(14)15/h3-5,8-10,16-17H,6-7,11-13H2,1-2H3,(H,23,24)/t16-,17+/m0/s1. The van der Waals surface area contributed by atoms with Crippen molar-refractivity contribution in [1.82, 2.24) is 14.8 Å². The molecule has 0 amide bonds. The van der Waals surface area contributed by atoms with E-state index in [0.29, 0.717) is 12.6 Å². The number of aromatic nitrogens is 1. The highest BCUT2D eigenvalue weighted by molar-refractivity contribution is 5.84. The monoisotopic (exact) mass is 327 g/mol. The Kier molecular flexibility index (Phi) is 5.11. The Balaban J connectivity index is 1.86. The van der Waals surface area contributed by atoms with Crippen LogP contribution in [0.4, 0.5) is 0 Å². The molecule has 0 bridgehead atoms. The van der Waals surface area contributed by atoms with E-state index in [9.17, 15) is 9.90 Å². The fourth-order valence-corrected chi connectivity index (χ4v) is 3.58. The van der Waals surface area contributed by atoms with E-state index >= 15 is 0 Å². The molecule has 5 nitrogen and oxygen atoms in total. The number of carboxylic acids is 1. The van der Waals surface area contributed by atoms with Crippen molar-refractivity contribution in [1.29, 1.82) is 0 Å². The van der Waals surface area contributed by atoms with E-state index in [0.717, 1.165) is 31.3 Å². The van der Waals surface area contributed by atoms with Crippen molar-refractivity contribution in [3.8, 4) is 0 Å². The molecule has 2 atom stereocenters. The Morgan fingerprint density at radius 3 is 2.88 bits per heavy atom. The number of pyridine rings is 1. The SMILES string of the molecule is CN(C)[C@@H]1CC[C@H](C(=O)O)CN(Cc2cccc3cnccc23)C1. The van der Waals surface area contributed by atoms with Gasteiger partial charge in [0.2, 0.25) is 0 Å². The highest BCUT2D eigenvalue weighted by Crippen LogP contribution is 2.24. The first-order chi connectivity index (χ1) is 11.5. The van der Waals surface area contributed by atoms with Crippen LogP contribution in [-0.4, -0.2) is 59.1 Å². The molecule has 1 aliphatic rings. The van der Waals surface area contributed by atoms with Crippen LogP contribution in [0, 0.1) is 5.92 Å². The summed E-state index contributed by atoms with van der Waals surface area (Å²) < 4.78 is 0. The van der Waals surface area contributed by atoms with Crippen LogP contribution >= 0.6 is 0 Å². The van der Waals surface area contributed by atoms with Gasteiger partial charge in [-0.2, -0.15) is 0 Å². The number of fused-ring (bicyclic) bond motifs is 1. The smallest absolute Gasteiger partial charge is 0.307 e. The largest absolute Gasteiger partial charge is 0.481 e. The summed E-state index contributed by atoms with van der Waals surface area (Å²) in [7, 11) is 4.15. The van der Waals surface area contributed by atoms with E-state index in [-0.39, 0.29) is 5.92 Å². The summed E-state index contributed by atoms with van der Waals surface area (Å²) in [6, 6.07) is 8.69. The molecule has 1 N–H and O–H groups in total. The van der Waals surface area contributed by atoms with Gasteiger partial charge >= 0.3 is 5.97 Å².